The van der Waals surface area contributed by atoms with Gasteiger partial charge < -0.3 is 10.5 Å². The predicted octanol–water partition coefficient (Wildman–Crippen LogP) is 3.72. The second-order valence-electron chi connectivity index (χ2n) is 4.96. The molecule has 21 heavy (non-hydrogen) atoms. The highest BCUT2D eigenvalue weighted by atomic mass is 35.5. The molecule has 0 saturated carbocycles. The van der Waals surface area contributed by atoms with E-state index in [-0.39, 0.29) is 12.4 Å². The van der Waals surface area contributed by atoms with Crippen LogP contribution in [0.5, 0.6) is 5.75 Å². The van der Waals surface area contributed by atoms with E-state index < -0.39 is 0 Å². The Labute approximate surface area is 133 Å². The van der Waals surface area contributed by atoms with Crippen molar-refractivity contribution in [1.29, 1.82) is 0 Å². The van der Waals surface area contributed by atoms with Crippen LogP contribution in [-0.2, 0) is 13.1 Å². The molecule has 0 aliphatic carbocycles. The summed E-state index contributed by atoms with van der Waals surface area (Å²) in [6.45, 7) is 4.42. The molecule has 2 aromatic rings. The first-order valence-corrected chi connectivity index (χ1v) is 6.92. The SMILES string of the molecule is CCOc1ccccc1CN(C)Cc1cccc(N)c1.Cl. The van der Waals surface area contributed by atoms with Crippen LogP contribution in [0.2, 0.25) is 0 Å². The van der Waals surface area contributed by atoms with Crippen molar-refractivity contribution < 1.29 is 4.74 Å². The molecule has 0 spiro atoms. The van der Waals surface area contributed by atoms with E-state index in [2.05, 4.69) is 24.1 Å². The molecule has 2 N–H and O–H groups in total. The van der Waals surface area contributed by atoms with Crippen LogP contribution < -0.4 is 10.5 Å². The summed E-state index contributed by atoms with van der Waals surface area (Å²) in [5.41, 5.74) is 9.06. The van der Waals surface area contributed by atoms with Crippen LogP contribution >= 0.6 is 12.4 Å². The second-order valence-corrected chi connectivity index (χ2v) is 4.96. The van der Waals surface area contributed by atoms with Crippen LogP contribution in [-0.4, -0.2) is 18.6 Å². The van der Waals surface area contributed by atoms with E-state index in [1.165, 1.54) is 11.1 Å². The molecule has 2 rings (SSSR count). The van der Waals surface area contributed by atoms with Crippen LogP contribution in [0.4, 0.5) is 5.69 Å². The third-order valence-corrected chi connectivity index (χ3v) is 3.12. The number of benzene rings is 2. The van der Waals surface area contributed by atoms with E-state index in [0.717, 1.165) is 24.5 Å². The Bertz CT molecular complexity index is 560. The summed E-state index contributed by atoms with van der Waals surface area (Å²) in [4.78, 5) is 2.26. The van der Waals surface area contributed by atoms with Gasteiger partial charge in [0.05, 0.1) is 6.61 Å². The summed E-state index contributed by atoms with van der Waals surface area (Å²) >= 11 is 0. The van der Waals surface area contributed by atoms with Gasteiger partial charge in [-0.3, -0.25) is 4.90 Å². The zero-order valence-corrected chi connectivity index (χ0v) is 13.4. The summed E-state index contributed by atoms with van der Waals surface area (Å²) < 4.78 is 5.66. The monoisotopic (exact) mass is 306 g/mol. The van der Waals surface area contributed by atoms with Crippen molar-refractivity contribution >= 4 is 18.1 Å². The number of hydrogen-bond donors (Lipinski definition) is 1. The number of nitrogen functional groups attached to an aromatic ring is 1. The molecule has 0 bridgehead atoms. The molecule has 0 unspecified atom stereocenters. The van der Waals surface area contributed by atoms with E-state index in [1.807, 2.05) is 43.3 Å². The number of nitrogens with zero attached hydrogens (tertiary/aromatic N) is 1. The van der Waals surface area contributed by atoms with Gasteiger partial charge in [-0.15, -0.1) is 12.4 Å². The zero-order valence-electron chi connectivity index (χ0n) is 12.6. The van der Waals surface area contributed by atoms with Gasteiger partial charge in [0.15, 0.2) is 0 Å². The first-order valence-electron chi connectivity index (χ1n) is 6.92. The van der Waals surface area contributed by atoms with Crippen LogP contribution in [0, 0.1) is 0 Å². The lowest BCUT2D eigenvalue weighted by molar-refractivity contribution is 0.298. The van der Waals surface area contributed by atoms with Gasteiger partial charge in [0.25, 0.3) is 0 Å². The van der Waals surface area contributed by atoms with Crippen LogP contribution in [0.15, 0.2) is 48.5 Å². The lowest BCUT2D eigenvalue weighted by Gasteiger charge is -2.19. The minimum absolute atomic E-state index is 0. The molecule has 3 nitrogen and oxygen atoms in total. The maximum Gasteiger partial charge on any atom is 0.123 e. The molecular weight excluding hydrogens is 284 g/mol. The van der Waals surface area contributed by atoms with Gasteiger partial charge >= 0.3 is 0 Å². The predicted molar refractivity (Wildman–Crippen MR) is 90.9 cm³/mol. The number of para-hydroxylation sites is 1. The molecule has 0 amide bonds. The molecule has 0 aliphatic rings. The highest BCUT2D eigenvalue weighted by Crippen LogP contribution is 2.20. The van der Waals surface area contributed by atoms with E-state index in [4.69, 9.17) is 10.5 Å². The molecule has 114 valence electrons. The molecule has 0 atom stereocenters. The topological polar surface area (TPSA) is 38.5 Å². The summed E-state index contributed by atoms with van der Waals surface area (Å²) in [7, 11) is 2.10. The average molecular weight is 307 g/mol. The lowest BCUT2D eigenvalue weighted by atomic mass is 10.1. The minimum Gasteiger partial charge on any atom is -0.494 e. The normalized spacial score (nSPS) is 10.2. The number of hydrogen-bond acceptors (Lipinski definition) is 3. The third-order valence-electron chi connectivity index (χ3n) is 3.12. The minimum atomic E-state index is 0. The summed E-state index contributed by atoms with van der Waals surface area (Å²) in [5, 5.41) is 0. The Morgan fingerprint density at radius 1 is 1.05 bits per heavy atom. The summed E-state index contributed by atoms with van der Waals surface area (Å²) in [6.07, 6.45) is 0. The average Bonchev–Trinajstić information content (AvgIpc) is 2.41. The van der Waals surface area contributed by atoms with Crippen molar-refractivity contribution in [2.75, 3.05) is 19.4 Å². The molecule has 0 saturated heterocycles. The number of halogens is 1. The maximum atomic E-state index is 5.81. The van der Waals surface area contributed by atoms with Gasteiger partial charge in [-0.05, 0) is 37.7 Å². The standard InChI is InChI=1S/C17H22N2O.ClH/c1-3-20-17-10-5-4-8-15(17)13-19(2)12-14-7-6-9-16(18)11-14;/h4-11H,3,12-13,18H2,1-2H3;1H. The van der Waals surface area contributed by atoms with E-state index in [0.29, 0.717) is 6.61 Å². The molecule has 0 radical (unpaired) electrons. The fraction of sp³-hybridized carbons (Fsp3) is 0.294. The largest absolute Gasteiger partial charge is 0.494 e. The molecule has 0 heterocycles. The first-order chi connectivity index (χ1) is 9.69. The quantitative estimate of drug-likeness (QED) is 0.827. The molecule has 0 aromatic heterocycles. The van der Waals surface area contributed by atoms with Gasteiger partial charge in [-0.25, -0.2) is 0 Å². The van der Waals surface area contributed by atoms with Gasteiger partial charge in [-0.1, -0.05) is 30.3 Å². The van der Waals surface area contributed by atoms with E-state index in [9.17, 15) is 0 Å². The molecule has 4 heteroatoms. The fourth-order valence-electron chi connectivity index (χ4n) is 2.28. The van der Waals surface area contributed by atoms with Crippen molar-refractivity contribution in [3.8, 4) is 5.75 Å². The zero-order chi connectivity index (χ0) is 14.4. The van der Waals surface area contributed by atoms with E-state index in [1.54, 1.807) is 0 Å². The number of ether oxygens (including phenoxy) is 1. The van der Waals surface area contributed by atoms with Crippen LogP contribution in [0.3, 0.4) is 0 Å². The Morgan fingerprint density at radius 2 is 1.81 bits per heavy atom. The van der Waals surface area contributed by atoms with Gasteiger partial charge in [0.2, 0.25) is 0 Å². The Kier molecular flexibility index (Phi) is 7.06. The molecule has 2 aromatic carbocycles. The van der Waals surface area contributed by atoms with Crippen molar-refractivity contribution in [2.45, 2.75) is 20.0 Å². The van der Waals surface area contributed by atoms with Crippen LogP contribution in [0.25, 0.3) is 0 Å². The summed E-state index contributed by atoms with van der Waals surface area (Å²) in [5.74, 6) is 0.967. The lowest BCUT2D eigenvalue weighted by Crippen LogP contribution is -2.18. The molecule has 0 aliphatic heterocycles. The van der Waals surface area contributed by atoms with Crippen molar-refractivity contribution in [2.24, 2.45) is 0 Å². The Balaban J connectivity index is 0.00000220. The van der Waals surface area contributed by atoms with Gasteiger partial charge in [-0.2, -0.15) is 0 Å². The smallest absolute Gasteiger partial charge is 0.123 e. The highest BCUT2D eigenvalue weighted by Gasteiger charge is 2.07. The first kappa shape index (κ1) is 17.3. The van der Waals surface area contributed by atoms with Crippen molar-refractivity contribution in [1.82, 2.24) is 4.90 Å². The van der Waals surface area contributed by atoms with Crippen molar-refractivity contribution in [3.05, 3.63) is 59.7 Å². The Morgan fingerprint density at radius 3 is 2.52 bits per heavy atom. The number of anilines is 1. The third kappa shape index (κ3) is 5.29. The fourth-order valence-corrected chi connectivity index (χ4v) is 2.28. The highest BCUT2D eigenvalue weighted by molar-refractivity contribution is 5.85. The van der Waals surface area contributed by atoms with Crippen LogP contribution in [0.1, 0.15) is 18.1 Å². The number of rotatable bonds is 6. The van der Waals surface area contributed by atoms with Crippen molar-refractivity contribution in [3.63, 3.8) is 0 Å². The van der Waals surface area contributed by atoms with E-state index >= 15 is 0 Å². The van der Waals surface area contributed by atoms with Gasteiger partial charge in [0, 0.05) is 24.3 Å². The summed E-state index contributed by atoms with van der Waals surface area (Å²) in [6, 6.07) is 16.2. The number of nitrogens with two attached hydrogens (primary N) is 1. The maximum absolute atomic E-state index is 5.81. The molecule has 0 fully saturated rings. The Hall–Kier alpha value is -1.71. The van der Waals surface area contributed by atoms with Gasteiger partial charge in [0.1, 0.15) is 5.75 Å². The second kappa shape index (κ2) is 8.55. The molecular formula is C17H23ClN2O.